The van der Waals surface area contributed by atoms with Gasteiger partial charge < -0.3 is 4.57 Å². The van der Waals surface area contributed by atoms with Crippen molar-refractivity contribution in [3.63, 3.8) is 0 Å². The number of thiophene rings is 1. The van der Waals surface area contributed by atoms with E-state index in [-0.39, 0.29) is 11.3 Å². The van der Waals surface area contributed by atoms with Gasteiger partial charge in [-0.1, -0.05) is 12.1 Å². The van der Waals surface area contributed by atoms with E-state index in [1.807, 2.05) is 0 Å². The molecular formula is C23H12F5N3OS. The third kappa shape index (κ3) is 4.40. The van der Waals surface area contributed by atoms with Gasteiger partial charge in [0.2, 0.25) is 0 Å². The Kier molecular flexibility index (Phi) is 5.82. The van der Waals surface area contributed by atoms with E-state index in [0.717, 1.165) is 33.6 Å². The topological polar surface area (TPSA) is 58.7 Å². The highest BCUT2D eigenvalue weighted by Crippen LogP contribution is 2.38. The van der Waals surface area contributed by atoms with Gasteiger partial charge in [-0.25, -0.2) is 8.78 Å². The molecule has 3 heterocycles. The van der Waals surface area contributed by atoms with Crippen LogP contribution in [0.25, 0.3) is 21.0 Å². The number of nitrogens with zero attached hydrogens (tertiary/aromatic N) is 3. The maximum absolute atomic E-state index is 14.3. The highest BCUT2D eigenvalue weighted by molar-refractivity contribution is 7.18. The minimum absolute atomic E-state index is 0.118. The molecule has 3 aromatic heterocycles. The van der Waals surface area contributed by atoms with Gasteiger partial charge in [-0.15, -0.1) is 11.3 Å². The van der Waals surface area contributed by atoms with Crippen molar-refractivity contribution in [1.29, 1.82) is 5.26 Å². The van der Waals surface area contributed by atoms with Crippen molar-refractivity contribution in [3.05, 3.63) is 99.6 Å². The number of nitriles is 1. The van der Waals surface area contributed by atoms with Crippen LogP contribution in [0.2, 0.25) is 0 Å². The number of hydrogen-bond acceptors (Lipinski definition) is 4. The minimum Gasteiger partial charge on any atom is -0.302 e. The van der Waals surface area contributed by atoms with Crippen LogP contribution in [0.1, 0.15) is 16.7 Å². The number of rotatable bonds is 4. The first kappa shape index (κ1) is 22.4. The Morgan fingerprint density at radius 3 is 2.45 bits per heavy atom. The fourth-order valence-electron chi connectivity index (χ4n) is 3.30. The van der Waals surface area contributed by atoms with Crippen LogP contribution in [-0.2, 0) is 12.7 Å². The molecule has 1 aromatic carbocycles. The number of pyridine rings is 2. The van der Waals surface area contributed by atoms with Crippen LogP contribution in [0.15, 0.2) is 65.7 Å². The Labute approximate surface area is 187 Å². The van der Waals surface area contributed by atoms with E-state index in [2.05, 4.69) is 4.98 Å². The van der Waals surface area contributed by atoms with Crippen molar-refractivity contribution in [3.8, 4) is 27.1 Å². The van der Waals surface area contributed by atoms with Gasteiger partial charge in [0.05, 0.1) is 22.7 Å². The van der Waals surface area contributed by atoms with Crippen LogP contribution in [0.4, 0.5) is 22.0 Å². The zero-order chi connectivity index (χ0) is 23.8. The molecule has 166 valence electrons. The molecule has 0 fully saturated rings. The molecule has 0 amide bonds. The Bertz CT molecular complexity index is 1440. The molecule has 0 unspecified atom stereocenters. The molecule has 0 radical (unpaired) electrons. The summed E-state index contributed by atoms with van der Waals surface area (Å²) in [5.41, 5.74) is -3.24. The number of alkyl halides is 3. The van der Waals surface area contributed by atoms with E-state index >= 15 is 0 Å². The van der Waals surface area contributed by atoms with Crippen molar-refractivity contribution in [1.82, 2.24) is 9.55 Å². The van der Waals surface area contributed by atoms with Crippen LogP contribution < -0.4 is 5.56 Å². The summed E-state index contributed by atoms with van der Waals surface area (Å²) >= 11 is 1.11. The van der Waals surface area contributed by atoms with Gasteiger partial charge in [0, 0.05) is 34.5 Å². The van der Waals surface area contributed by atoms with Gasteiger partial charge in [-0.05, 0) is 30.3 Å². The summed E-state index contributed by atoms with van der Waals surface area (Å²) in [6.45, 7) is -0.493. The van der Waals surface area contributed by atoms with Gasteiger partial charge >= 0.3 is 6.18 Å². The Hall–Kier alpha value is -3.84. The minimum atomic E-state index is -4.96. The van der Waals surface area contributed by atoms with E-state index in [9.17, 15) is 32.0 Å². The zero-order valence-electron chi connectivity index (χ0n) is 16.5. The molecule has 0 aliphatic carbocycles. The monoisotopic (exact) mass is 473 g/mol. The van der Waals surface area contributed by atoms with Gasteiger partial charge in [0.25, 0.3) is 5.56 Å². The molecule has 0 saturated carbocycles. The summed E-state index contributed by atoms with van der Waals surface area (Å²) in [7, 11) is 0. The SMILES string of the molecule is N#Cc1c(C(F)(F)F)cc(-c2ccc(-c3cccnc3)s2)n(Cc2ccc(F)cc2F)c1=O. The molecule has 4 aromatic rings. The molecule has 4 nitrogen and oxygen atoms in total. The molecule has 0 atom stereocenters. The van der Waals surface area contributed by atoms with Gasteiger partial charge in [-0.2, -0.15) is 18.4 Å². The first-order valence-corrected chi connectivity index (χ1v) is 10.2. The highest BCUT2D eigenvalue weighted by atomic mass is 32.1. The Morgan fingerprint density at radius 2 is 1.82 bits per heavy atom. The molecule has 0 bridgehead atoms. The normalized spacial score (nSPS) is 11.4. The Morgan fingerprint density at radius 1 is 1.06 bits per heavy atom. The van der Waals surface area contributed by atoms with E-state index in [4.69, 9.17) is 0 Å². The van der Waals surface area contributed by atoms with E-state index < -0.39 is 41.0 Å². The molecule has 10 heteroatoms. The lowest BCUT2D eigenvalue weighted by Crippen LogP contribution is -2.28. The summed E-state index contributed by atoms with van der Waals surface area (Å²) in [6.07, 6.45) is -1.80. The van der Waals surface area contributed by atoms with E-state index in [1.54, 1.807) is 30.6 Å². The van der Waals surface area contributed by atoms with Gasteiger partial charge in [0.15, 0.2) is 0 Å². The average molecular weight is 473 g/mol. The standard InChI is InChI=1S/C23H12F5N3OS/c24-15-4-3-14(18(25)8-15)12-31-19(9-17(23(26,27)28)16(10-29)22(31)32)21-6-5-20(33-21)13-2-1-7-30-11-13/h1-9,11H,12H2. The predicted molar refractivity (Wildman–Crippen MR) is 112 cm³/mol. The van der Waals surface area contributed by atoms with Crippen molar-refractivity contribution < 1.29 is 22.0 Å². The summed E-state index contributed by atoms with van der Waals surface area (Å²) in [5.74, 6) is -1.80. The lowest BCUT2D eigenvalue weighted by atomic mass is 10.1. The molecule has 0 spiro atoms. The summed E-state index contributed by atoms with van der Waals surface area (Å²) in [6, 6.07) is 11.4. The second-order valence-corrected chi connectivity index (χ2v) is 8.04. The molecule has 0 N–H and O–H groups in total. The fourth-order valence-corrected chi connectivity index (χ4v) is 4.32. The maximum Gasteiger partial charge on any atom is 0.417 e. The van der Waals surface area contributed by atoms with Crippen LogP contribution in [0.3, 0.4) is 0 Å². The van der Waals surface area contributed by atoms with Crippen LogP contribution in [0.5, 0.6) is 0 Å². The van der Waals surface area contributed by atoms with Crippen LogP contribution >= 0.6 is 11.3 Å². The van der Waals surface area contributed by atoms with E-state index in [1.165, 1.54) is 12.1 Å². The smallest absolute Gasteiger partial charge is 0.302 e. The summed E-state index contributed by atoms with van der Waals surface area (Å²) in [5, 5.41) is 9.27. The number of hydrogen-bond donors (Lipinski definition) is 0. The molecule has 0 aliphatic heterocycles. The van der Waals surface area contributed by atoms with E-state index in [0.29, 0.717) is 21.9 Å². The second-order valence-electron chi connectivity index (χ2n) is 6.96. The van der Waals surface area contributed by atoms with Gasteiger partial charge in [0.1, 0.15) is 23.3 Å². The third-order valence-corrected chi connectivity index (χ3v) is 6.02. The molecule has 4 rings (SSSR count). The molecule has 0 saturated heterocycles. The summed E-state index contributed by atoms with van der Waals surface area (Å²) in [4.78, 5) is 17.9. The molecular weight excluding hydrogens is 461 g/mol. The second kappa shape index (κ2) is 8.60. The van der Waals surface area contributed by atoms with Crippen molar-refractivity contribution in [2.24, 2.45) is 0 Å². The summed E-state index contributed by atoms with van der Waals surface area (Å²) < 4.78 is 69.4. The third-order valence-electron chi connectivity index (χ3n) is 4.87. The fraction of sp³-hybridized carbons (Fsp3) is 0.0870. The van der Waals surface area contributed by atoms with Gasteiger partial charge in [-0.3, -0.25) is 9.78 Å². The number of aromatic nitrogens is 2. The van der Waals surface area contributed by atoms with Crippen molar-refractivity contribution in [2.45, 2.75) is 12.7 Å². The first-order chi connectivity index (χ1) is 15.7. The first-order valence-electron chi connectivity index (χ1n) is 9.38. The van der Waals surface area contributed by atoms with Crippen LogP contribution in [0, 0.1) is 23.0 Å². The number of benzene rings is 1. The quantitative estimate of drug-likeness (QED) is 0.349. The largest absolute Gasteiger partial charge is 0.417 e. The lowest BCUT2D eigenvalue weighted by molar-refractivity contribution is -0.137. The highest BCUT2D eigenvalue weighted by Gasteiger charge is 2.36. The van der Waals surface area contributed by atoms with Crippen LogP contribution in [-0.4, -0.2) is 9.55 Å². The zero-order valence-corrected chi connectivity index (χ0v) is 17.3. The van der Waals surface area contributed by atoms with Crippen molar-refractivity contribution >= 4 is 11.3 Å². The maximum atomic E-state index is 14.3. The number of halogens is 5. The molecule has 0 aliphatic rings. The Balaban J connectivity index is 1.94. The average Bonchev–Trinajstić information content (AvgIpc) is 3.26. The molecule has 33 heavy (non-hydrogen) atoms. The lowest BCUT2D eigenvalue weighted by Gasteiger charge is -2.17. The van der Waals surface area contributed by atoms with Crippen molar-refractivity contribution in [2.75, 3.05) is 0 Å². The predicted octanol–water partition coefficient (Wildman–Crippen LogP) is 5.86.